The summed E-state index contributed by atoms with van der Waals surface area (Å²) in [7, 11) is 0. The molecule has 0 bridgehead atoms. The molecule has 0 radical (unpaired) electrons. The number of halogens is 2. The van der Waals surface area contributed by atoms with E-state index in [0.717, 1.165) is 0 Å². The number of rotatable bonds is 0. The Kier molecular flexibility index (Phi) is 2.08. The first-order valence-electron chi connectivity index (χ1n) is 2.18. The van der Waals surface area contributed by atoms with Crippen molar-refractivity contribution >= 4 is 31.9 Å². The van der Waals surface area contributed by atoms with Crippen LogP contribution in [0, 0.1) is 0 Å². The third-order valence-electron chi connectivity index (χ3n) is 0.736. The first kappa shape index (κ1) is 7.02. The summed E-state index contributed by atoms with van der Waals surface area (Å²) in [6.45, 7) is 0. The fourth-order valence-corrected chi connectivity index (χ4v) is 1.51. The van der Waals surface area contributed by atoms with E-state index >= 15 is 0 Å². The number of aromatic nitrogens is 1. The molecule has 0 fully saturated rings. The van der Waals surface area contributed by atoms with Gasteiger partial charge in [-0.15, -0.1) is 5.75 Å². The van der Waals surface area contributed by atoms with Gasteiger partial charge in [0.25, 0.3) is 0 Å². The average molecular weight is 252 g/mol. The van der Waals surface area contributed by atoms with E-state index in [2.05, 4.69) is 36.8 Å². The molecule has 0 saturated carbocycles. The van der Waals surface area contributed by atoms with Crippen LogP contribution in [-0.2, 0) is 0 Å². The van der Waals surface area contributed by atoms with E-state index in [1.54, 1.807) is 0 Å². The van der Waals surface area contributed by atoms with Gasteiger partial charge in [-0.1, -0.05) is 0 Å². The van der Waals surface area contributed by atoms with Crippen LogP contribution >= 0.6 is 31.9 Å². The van der Waals surface area contributed by atoms with E-state index in [1.807, 2.05) is 0 Å². The lowest BCUT2D eigenvalue weighted by Crippen LogP contribution is -1.90. The van der Waals surface area contributed by atoms with Gasteiger partial charge in [0.05, 0.1) is 0 Å². The molecule has 0 aliphatic carbocycles. The summed E-state index contributed by atoms with van der Waals surface area (Å²) in [5.74, 6) is -0.0521. The van der Waals surface area contributed by atoms with E-state index in [1.165, 1.54) is 12.1 Å². The zero-order valence-electron chi connectivity index (χ0n) is 4.27. The molecule has 1 rings (SSSR count). The van der Waals surface area contributed by atoms with Gasteiger partial charge in [-0.3, -0.25) is 0 Å². The summed E-state index contributed by atoms with van der Waals surface area (Å²) in [5.41, 5.74) is 0. The van der Waals surface area contributed by atoms with Crippen LogP contribution < -0.4 is 5.11 Å². The van der Waals surface area contributed by atoms with Gasteiger partial charge in [0.2, 0.25) is 0 Å². The van der Waals surface area contributed by atoms with Crippen LogP contribution in [0.15, 0.2) is 21.3 Å². The van der Waals surface area contributed by atoms with Crippen LogP contribution in [0.25, 0.3) is 0 Å². The van der Waals surface area contributed by atoms with Gasteiger partial charge in [0, 0.05) is 0 Å². The molecule has 0 atom stereocenters. The van der Waals surface area contributed by atoms with Crippen LogP contribution in [-0.4, -0.2) is 4.98 Å². The average Bonchev–Trinajstić information content (AvgIpc) is 1.59. The van der Waals surface area contributed by atoms with Crippen LogP contribution in [0.3, 0.4) is 0 Å². The Morgan fingerprint density at radius 1 is 1.22 bits per heavy atom. The molecular formula is C5H2Br2NO-. The van der Waals surface area contributed by atoms with Crippen molar-refractivity contribution in [3.63, 3.8) is 0 Å². The van der Waals surface area contributed by atoms with Gasteiger partial charge in [0.1, 0.15) is 9.21 Å². The molecule has 9 heavy (non-hydrogen) atoms. The van der Waals surface area contributed by atoms with Crippen LogP contribution in [0.2, 0.25) is 0 Å². The smallest absolute Gasteiger partial charge is 0.106 e. The van der Waals surface area contributed by atoms with E-state index < -0.39 is 0 Å². The Hall–Kier alpha value is -0.0900. The van der Waals surface area contributed by atoms with Crippen molar-refractivity contribution in [1.29, 1.82) is 0 Å². The second-order valence-electron chi connectivity index (χ2n) is 1.45. The van der Waals surface area contributed by atoms with Crippen molar-refractivity contribution in [1.82, 2.24) is 4.98 Å². The van der Waals surface area contributed by atoms with Crippen molar-refractivity contribution in [2.75, 3.05) is 0 Å². The van der Waals surface area contributed by atoms with Crippen molar-refractivity contribution in [2.45, 2.75) is 0 Å². The lowest BCUT2D eigenvalue weighted by molar-refractivity contribution is -0.268. The lowest BCUT2D eigenvalue weighted by atomic mass is 10.5. The van der Waals surface area contributed by atoms with Gasteiger partial charge >= 0.3 is 0 Å². The fourth-order valence-electron chi connectivity index (χ4n) is 0.443. The molecule has 0 aliphatic heterocycles. The Bertz CT molecular complexity index is 176. The highest BCUT2D eigenvalue weighted by Gasteiger charge is 1.88. The van der Waals surface area contributed by atoms with Gasteiger partial charge in [-0.05, 0) is 44.0 Å². The van der Waals surface area contributed by atoms with Crippen molar-refractivity contribution < 1.29 is 5.11 Å². The molecule has 4 heteroatoms. The lowest BCUT2D eigenvalue weighted by Gasteiger charge is -2.03. The SMILES string of the molecule is [O-]c1cc(Br)nc(Br)c1. The molecule has 48 valence electrons. The van der Waals surface area contributed by atoms with Gasteiger partial charge in [-0.2, -0.15) is 0 Å². The summed E-state index contributed by atoms with van der Waals surface area (Å²) in [6.07, 6.45) is 0. The van der Waals surface area contributed by atoms with E-state index in [9.17, 15) is 5.11 Å². The monoisotopic (exact) mass is 250 g/mol. The molecule has 2 nitrogen and oxygen atoms in total. The standard InChI is InChI=1S/C5H3Br2NO/c6-4-1-3(9)2-5(7)8-4/h1-2H,(H,8,9)/p-1. The van der Waals surface area contributed by atoms with Crippen molar-refractivity contribution in [3.05, 3.63) is 21.3 Å². The first-order valence-corrected chi connectivity index (χ1v) is 3.77. The minimum Gasteiger partial charge on any atom is -0.872 e. The third-order valence-corrected chi connectivity index (χ3v) is 1.55. The molecule has 0 amide bonds. The third kappa shape index (κ3) is 1.95. The number of pyridine rings is 1. The van der Waals surface area contributed by atoms with E-state index in [0.29, 0.717) is 9.21 Å². The molecule has 0 unspecified atom stereocenters. The zero-order chi connectivity index (χ0) is 6.85. The summed E-state index contributed by atoms with van der Waals surface area (Å²) in [6, 6.07) is 2.81. The summed E-state index contributed by atoms with van der Waals surface area (Å²) >= 11 is 6.14. The normalized spacial score (nSPS) is 9.56. The highest BCUT2D eigenvalue weighted by atomic mass is 79.9. The van der Waals surface area contributed by atoms with E-state index in [-0.39, 0.29) is 5.75 Å². The topological polar surface area (TPSA) is 36.0 Å². The zero-order valence-corrected chi connectivity index (χ0v) is 7.44. The second-order valence-corrected chi connectivity index (χ2v) is 3.07. The van der Waals surface area contributed by atoms with Crippen molar-refractivity contribution in [2.24, 2.45) is 0 Å². The van der Waals surface area contributed by atoms with Gasteiger partial charge in [-0.25, -0.2) is 4.98 Å². The predicted molar refractivity (Wildman–Crippen MR) is 39.1 cm³/mol. The molecule has 1 heterocycles. The minimum atomic E-state index is -0.0521. The minimum absolute atomic E-state index is 0.0521. The number of nitrogens with zero attached hydrogens (tertiary/aromatic N) is 1. The molecule has 0 aliphatic rings. The van der Waals surface area contributed by atoms with Gasteiger partial charge < -0.3 is 5.11 Å². The Morgan fingerprint density at radius 3 is 2.00 bits per heavy atom. The highest BCUT2D eigenvalue weighted by Crippen LogP contribution is 2.17. The summed E-state index contributed by atoms with van der Waals surface area (Å²) < 4.78 is 1.11. The van der Waals surface area contributed by atoms with Gasteiger partial charge in [0.15, 0.2) is 0 Å². The Balaban J connectivity index is 3.17. The highest BCUT2D eigenvalue weighted by molar-refractivity contribution is 9.11. The quantitative estimate of drug-likeness (QED) is 0.658. The Morgan fingerprint density at radius 2 is 1.67 bits per heavy atom. The molecule has 1 aromatic rings. The molecule has 0 N–H and O–H groups in total. The molecular weight excluding hydrogens is 250 g/mol. The summed E-state index contributed by atoms with van der Waals surface area (Å²) in [4.78, 5) is 3.87. The predicted octanol–water partition coefficient (Wildman–Crippen LogP) is 1.68. The first-order chi connectivity index (χ1) is 4.18. The largest absolute Gasteiger partial charge is 0.872 e. The summed E-state index contributed by atoms with van der Waals surface area (Å²) in [5, 5.41) is 10.6. The van der Waals surface area contributed by atoms with Crippen LogP contribution in [0.5, 0.6) is 5.75 Å². The maximum absolute atomic E-state index is 10.6. The second kappa shape index (κ2) is 2.66. The van der Waals surface area contributed by atoms with Crippen LogP contribution in [0.4, 0.5) is 0 Å². The maximum Gasteiger partial charge on any atom is 0.106 e. The van der Waals surface area contributed by atoms with E-state index in [4.69, 9.17) is 0 Å². The molecule has 0 aromatic carbocycles. The maximum atomic E-state index is 10.6. The Labute approximate surface area is 69.2 Å². The number of hydrogen-bond acceptors (Lipinski definition) is 2. The molecule has 0 spiro atoms. The van der Waals surface area contributed by atoms with Crippen molar-refractivity contribution in [3.8, 4) is 5.75 Å². The molecule has 1 aromatic heterocycles. The molecule has 0 saturated heterocycles. The number of hydrogen-bond donors (Lipinski definition) is 0. The van der Waals surface area contributed by atoms with Crippen LogP contribution in [0.1, 0.15) is 0 Å². The fraction of sp³-hybridized carbons (Fsp3) is 0.